The van der Waals surface area contributed by atoms with Crippen molar-refractivity contribution in [1.29, 1.82) is 0 Å². The van der Waals surface area contributed by atoms with Crippen LogP contribution in [0.1, 0.15) is 15.9 Å². The highest BCUT2D eigenvalue weighted by Crippen LogP contribution is 2.02. The number of hydrogen-bond acceptors (Lipinski definition) is 4. The molecule has 0 aliphatic carbocycles. The molecule has 6 nitrogen and oxygen atoms in total. The molecule has 0 atom stereocenters. The zero-order valence-electron chi connectivity index (χ0n) is 11.2. The van der Waals surface area contributed by atoms with Gasteiger partial charge in [0, 0.05) is 20.3 Å². The maximum absolute atomic E-state index is 11.9. The molecule has 0 bridgehead atoms. The van der Waals surface area contributed by atoms with Gasteiger partial charge < -0.3 is 9.30 Å². The van der Waals surface area contributed by atoms with Crippen molar-refractivity contribution in [2.75, 3.05) is 0 Å². The lowest BCUT2D eigenvalue weighted by molar-refractivity contribution is 0.0468. The van der Waals surface area contributed by atoms with Gasteiger partial charge in [0.1, 0.15) is 12.2 Å². The summed E-state index contributed by atoms with van der Waals surface area (Å²) in [6, 6.07) is 9.13. The zero-order valence-corrected chi connectivity index (χ0v) is 11.2. The van der Waals surface area contributed by atoms with Gasteiger partial charge in [0.15, 0.2) is 0 Å². The molecule has 20 heavy (non-hydrogen) atoms. The molecule has 0 amide bonds. The topological polar surface area (TPSA) is 70.3 Å². The Balaban J connectivity index is 2.23. The molecule has 6 heteroatoms. The molecule has 0 aliphatic rings. The van der Waals surface area contributed by atoms with Crippen LogP contribution in [-0.4, -0.2) is 15.1 Å². The predicted molar refractivity (Wildman–Crippen MR) is 72.5 cm³/mol. The number of carbonyl (C=O) groups excluding carboxylic acids is 1. The van der Waals surface area contributed by atoms with Crippen LogP contribution in [0.3, 0.4) is 0 Å². The summed E-state index contributed by atoms with van der Waals surface area (Å²) < 4.78 is 7.12. The van der Waals surface area contributed by atoms with E-state index in [0.29, 0.717) is 0 Å². The summed E-state index contributed by atoms with van der Waals surface area (Å²) >= 11 is 0. The third-order valence-corrected chi connectivity index (χ3v) is 2.88. The number of aryl methyl sites for hydroxylation is 1. The van der Waals surface area contributed by atoms with Crippen LogP contribution < -0.4 is 11.2 Å². The van der Waals surface area contributed by atoms with Crippen LogP contribution in [0.5, 0.6) is 0 Å². The van der Waals surface area contributed by atoms with Crippen molar-refractivity contribution in [3.63, 3.8) is 0 Å². The molecule has 0 spiro atoms. The fourth-order valence-electron chi connectivity index (χ4n) is 1.75. The third-order valence-electron chi connectivity index (χ3n) is 2.88. The molecule has 1 aromatic heterocycles. The zero-order chi connectivity index (χ0) is 14.7. The maximum Gasteiger partial charge on any atom is 0.345 e. The van der Waals surface area contributed by atoms with E-state index in [-0.39, 0.29) is 12.2 Å². The number of aromatic nitrogens is 2. The van der Waals surface area contributed by atoms with Crippen LogP contribution in [0.2, 0.25) is 0 Å². The first-order chi connectivity index (χ1) is 9.50. The Morgan fingerprint density at radius 2 is 1.80 bits per heavy atom. The van der Waals surface area contributed by atoms with Gasteiger partial charge >= 0.3 is 11.7 Å². The average molecular weight is 274 g/mol. The first kappa shape index (κ1) is 13.8. The lowest BCUT2D eigenvalue weighted by Crippen LogP contribution is -2.39. The molecular formula is C14H14N2O4. The fraction of sp³-hybridized carbons (Fsp3) is 0.214. The molecule has 0 aliphatic heterocycles. The van der Waals surface area contributed by atoms with E-state index in [4.69, 9.17) is 4.74 Å². The largest absolute Gasteiger partial charge is 0.457 e. The van der Waals surface area contributed by atoms with Crippen LogP contribution in [0.15, 0.2) is 46.1 Å². The second-order valence-electron chi connectivity index (χ2n) is 4.36. The number of esters is 1. The highest BCUT2D eigenvalue weighted by Gasteiger charge is 2.16. The van der Waals surface area contributed by atoms with Crippen LogP contribution in [0.25, 0.3) is 0 Å². The molecule has 0 fully saturated rings. The second-order valence-corrected chi connectivity index (χ2v) is 4.36. The SMILES string of the molecule is Cn1cc(C(=O)OCc2ccccc2)c(=O)n(C)c1=O. The summed E-state index contributed by atoms with van der Waals surface area (Å²) in [6.07, 6.45) is 1.19. The van der Waals surface area contributed by atoms with Crippen molar-refractivity contribution in [3.05, 3.63) is 68.5 Å². The summed E-state index contributed by atoms with van der Waals surface area (Å²) in [4.78, 5) is 35.3. The summed E-state index contributed by atoms with van der Waals surface area (Å²) in [7, 11) is 2.79. The summed E-state index contributed by atoms with van der Waals surface area (Å²) in [5.74, 6) is -0.745. The van der Waals surface area contributed by atoms with Gasteiger partial charge in [-0.3, -0.25) is 9.36 Å². The molecule has 1 heterocycles. The molecule has 0 saturated heterocycles. The van der Waals surface area contributed by atoms with Crippen molar-refractivity contribution in [2.45, 2.75) is 6.61 Å². The number of benzene rings is 1. The number of hydrogen-bond donors (Lipinski definition) is 0. The standard InChI is InChI=1S/C14H14N2O4/c1-15-8-11(12(17)16(2)14(15)19)13(18)20-9-10-6-4-3-5-7-10/h3-8H,9H2,1-2H3. The average Bonchev–Trinajstić information content (AvgIpc) is 2.47. The van der Waals surface area contributed by atoms with Crippen LogP contribution in [-0.2, 0) is 25.4 Å². The minimum absolute atomic E-state index is 0.0751. The number of ether oxygens (including phenoxy) is 1. The van der Waals surface area contributed by atoms with E-state index in [2.05, 4.69) is 0 Å². The molecule has 1 aromatic carbocycles. The summed E-state index contributed by atoms with van der Waals surface area (Å²) in [5, 5.41) is 0. The summed E-state index contributed by atoms with van der Waals surface area (Å²) in [6.45, 7) is 0.0751. The Bertz CT molecular complexity index is 744. The van der Waals surface area contributed by atoms with Crippen molar-refractivity contribution < 1.29 is 9.53 Å². The summed E-state index contributed by atoms with van der Waals surface area (Å²) in [5.41, 5.74) is -0.492. The van der Waals surface area contributed by atoms with Gasteiger partial charge in [0.2, 0.25) is 0 Å². The highest BCUT2D eigenvalue weighted by molar-refractivity contribution is 5.88. The van der Waals surface area contributed by atoms with Gasteiger partial charge in [-0.15, -0.1) is 0 Å². The molecule has 0 saturated carbocycles. The smallest absolute Gasteiger partial charge is 0.345 e. The van der Waals surface area contributed by atoms with Gasteiger partial charge in [-0.25, -0.2) is 9.59 Å². The van der Waals surface area contributed by atoms with Gasteiger partial charge in [-0.2, -0.15) is 0 Å². The second kappa shape index (κ2) is 5.56. The van der Waals surface area contributed by atoms with Crippen molar-refractivity contribution >= 4 is 5.97 Å². The van der Waals surface area contributed by atoms with Crippen LogP contribution in [0.4, 0.5) is 0 Å². The Kier molecular flexibility index (Phi) is 3.84. The highest BCUT2D eigenvalue weighted by atomic mass is 16.5. The van der Waals surface area contributed by atoms with E-state index in [0.717, 1.165) is 10.1 Å². The Hall–Kier alpha value is -2.63. The molecule has 2 aromatic rings. The Morgan fingerprint density at radius 3 is 2.45 bits per heavy atom. The number of nitrogens with zero attached hydrogens (tertiary/aromatic N) is 2. The molecule has 2 rings (SSSR count). The Labute approximate surface area is 114 Å². The fourth-order valence-corrected chi connectivity index (χ4v) is 1.75. The third kappa shape index (κ3) is 2.69. The van der Waals surface area contributed by atoms with Gasteiger partial charge in [0.05, 0.1) is 0 Å². The monoisotopic (exact) mass is 274 g/mol. The van der Waals surface area contributed by atoms with E-state index in [9.17, 15) is 14.4 Å². The number of carbonyl (C=O) groups is 1. The van der Waals surface area contributed by atoms with Gasteiger partial charge in [0.25, 0.3) is 5.56 Å². The van der Waals surface area contributed by atoms with E-state index >= 15 is 0 Å². The first-order valence-electron chi connectivity index (χ1n) is 5.98. The number of rotatable bonds is 3. The minimum Gasteiger partial charge on any atom is -0.457 e. The minimum atomic E-state index is -0.745. The van der Waals surface area contributed by atoms with E-state index in [1.165, 1.54) is 24.9 Å². The molecule has 0 radical (unpaired) electrons. The van der Waals surface area contributed by atoms with Gasteiger partial charge in [-0.05, 0) is 5.56 Å². The lowest BCUT2D eigenvalue weighted by atomic mass is 10.2. The van der Waals surface area contributed by atoms with Gasteiger partial charge in [-0.1, -0.05) is 30.3 Å². The van der Waals surface area contributed by atoms with Crippen LogP contribution in [0, 0.1) is 0 Å². The first-order valence-corrected chi connectivity index (χ1v) is 5.98. The lowest BCUT2D eigenvalue weighted by Gasteiger charge is -2.07. The van der Waals surface area contributed by atoms with Crippen molar-refractivity contribution in [2.24, 2.45) is 14.1 Å². The van der Waals surface area contributed by atoms with E-state index in [1.807, 2.05) is 30.3 Å². The normalized spacial score (nSPS) is 10.3. The predicted octanol–water partition coefficient (Wildman–Crippen LogP) is 0.441. The molecule has 0 N–H and O–H groups in total. The van der Waals surface area contributed by atoms with Crippen molar-refractivity contribution in [3.8, 4) is 0 Å². The van der Waals surface area contributed by atoms with E-state index in [1.54, 1.807) is 0 Å². The van der Waals surface area contributed by atoms with E-state index < -0.39 is 17.2 Å². The van der Waals surface area contributed by atoms with Crippen LogP contribution >= 0.6 is 0 Å². The van der Waals surface area contributed by atoms with Crippen molar-refractivity contribution in [1.82, 2.24) is 9.13 Å². The Morgan fingerprint density at radius 1 is 1.15 bits per heavy atom. The molecule has 0 unspecified atom stereocenters. The maximum atomic E-state index is 11.9. The molecular weight excluding hydrogens is 260 g/mol. The quantitative estimate of drug-likeness (QED) is 0.762. The molecule has 104 valence electrons.